The molecule has 0 unspecified atom stereocenters. The van der Waals surface area contributed by atoms with Crippen LogP contribution >= 0.6 is 15.9 Å². The summed E-state index contributed by atoms with van der Waals surface area (Å²) in [6.45, 7) is 0. The van der Waals surface area contributed by atoms with Gasteiger partial charge in [-0.2, -0.15) is 0 Å². The maximum atomic E-state index is 9.50. The molecule has 0 atom stereocenters. The van der Waals surface area contributed by atoms with E-state index in [2.05, 4.69) is 25.9 Å². The first kappa shape index (κ1) is 10.8. The number of rotatable bonds is 3. The predicted octanol–water partition coefficient (Wildman–Crippen LogP) is 2.14. The molecular weight excluding hydrogens is 250 g/mol. The van der Waals surface area contributed by atoms with Crippen molar-refractivity contribution in [3.8, 4) is 11.5 Å². The van der Waals surface area contributed by atoms with Crippen molar-refractivity contribution in [1.29, 1.82) is 0 Å². The summed E-state index contributed by atoms with van der Waals surface area (Å²) in [5, 5.41) is 13.1. The molecule has 5 heteroatoms. The molecule has 0 amide bonds. The number of ether oxygens (including phenoxy) is 1. The van der Waals surface area contributed by atoms with Crippen molar-refractivity contribution < 1.29 is 14.7 Å². The van der Waals surface area contributed by atoms with Gasteiger partial charge in [0.2, 0.25) is 0 Å². The van der Waals surface area contributed by atoms with Crippen LogP contribution in [0.4, 0.5) is 0 Å². The normalized spacial score (nSPS) is 10.5. The summed E-state index contributed by atoms with van der Waals surface area (Å²) in [4.78, 5) is 4.54. The summed E-state index contributed by atoms with van der Waals surface area (Å²) in [7, 11) is 2.95. The lowest BCUT2D eigenvalue weighted by Gasteiger charge is -2.05. The molecule has 0 saturated heterocycles. The number of aromatic hydroxyl groups is 1. The highest BCUT2D eigenvalue weighted by atomic mass is 79.9. The number of phenols is 1. The molecule has 0 aromatic heterocycles. The highest BCUT2D eigenvalue weighted by Gasteiger charge is 2.07. The maximum Gasteiger partial charge on any atom is 0.172 e. The van der Waals surface area contributed by atoms with E-state index in [1.807, 2.05) is 0 Å². The first-order chi connectivity index (χ1) is 6.69. The van der Waals surface area contributed by atoms with Gasteiger partial charge in [0.1, 0.15) is 7.11 Å². The van der Waals surface area contributed by atoms with Gasteiger partial charge < -0.3 is 14.7 Å². The van der Waals surface area contributed by atoms with E-state index in [-0.39, 0.29) is 5.75 Å². The second-order valence-electron chi connectivity index (χ2n) is 2.47. The van der Waals surface area contributed by atoms with E-state index in [9.17, 15) is 5.11 Å². The molecule has 0 bridgehead atoms. The second kappa shape index (κ2) is 4.85. The Labute approximate surface area is 90.3 Å². The molecule has 1 rings (SSSR count). The first-order valence-corrected chi connectivity index (χ1v) is 4.61. The van der Waals surface area contributed by atoms with Crippen LogP contribution in [0, 0.1) is 0 Å². The van der Waals surface area contributed by atoms with Crippen LogP contribution in [0.3, 0.4) is 0 Å². The summed E-state index contributed by atoms with van der Waals surface area (Å²) in [6.07, 6.45) is 1.52. The Morgan fingerprint density at radius 3 is 2.71 bits per heavy atom. The molecular formula is C9H10BrNO3. The lowest BCUT2D eigenvalue weighted by Crippen LogP contribution is -1.88. The average molecular weight is 260 g/mol. The van der Waals surface area contributed by atoms with Gasteiger partial charge in [-0.25, -0.2) is 0 Å². The minimum absolute atomic E-state index is 0.0714. The minimum atomic E-state index is 0.0714. The van der Waals surface area contributed by atoms with Crippen LogP contribution < -0.4 is 4.74 Å². The highest BCUT2D eigenvalue weighted by molar-refractivity contribution is 9.10. The van der Waals surface area contributed by atoms with E-state index in [1.54, 1.807) is 12.1 Å². The van der Waals surface area contributed by atoms with Gasteiger partial charge in [0.05, 0.1) is 17.8 Å². The Balaban J connectivity index is 3.09. The molecule has 1 aromatic carbocycles. The number of hydrogen-bond acceptors (Lipinski definition) is 4. The molecule has 0 aliphatic carbocycles. The Hall–Kier alpha value is -1.23. The summed E-state index contributed by atoms with van der Waals surface area (Å²) < 4.78 is 5.51. The van der Waals surface area contributed by atoms with Crippen molar-refractivity contribution in [2.24, 2.45) is 5.16 Å². The van der Waals surface area contributed by atoms with Gasteiger partial charge in [-0.3, -0.25) is 0 Å². The standard InChI is InChI=1S/C9H10BrNO3/c1-13-8-4-6(5-11-14-2)3-7(10)9(8)12/h3-5,12H,1-2H3/b11-5+. The van der Waals surface area contributed by atoms with E-state index >= 15 is 0 Å². The van der Waals surface area contributed by atoms with Crippen LogP contribution in [-0.4, -0.2) is 25.5 Å². The summed E-state index contributed by atoms with van der Waals surface area (Å²) in [5.41, 5.74) is 0.772. The van der Waals surface area contributed by atoms with Crippen molar-refractivity contribution in [2.45, 2.75) is 0 Å². The fraction of sp³-hybridized carbons (Fsp3) is 0.222. The Kier molecular flexibility index (Phi) is 3.76. The molecule has 76 valence electrons. The monoisotopic (exact) mass is 259 g/mol. The summed E-state index contributed by atoms with van der Waals surface area (Å²) in [5.74, 6) is 0.457. The number of hydrogen-bond donors (Lipinski definition) is 1. The molecule has 0 radical (unpaired) electrons. The minimum Gasteiger partial charge on any atom is -0.503 e. The molecule has 1 aromatic rings. The van der Waals surface area contributed by atoms with Gasteiger partial charge in [0.25, 0.3) is 0 Å². The average Bonchev–Trinajstić information content (AvgIpc) is 2.19. The first-order valence-electron chi connectivity index (χ1n) is 3.82. The van der Waals surface area contributed by atoms with Crippen LogP contribution in [0.1, 0.15) is 5.56 Å². The number of benzene rings is 1. The third-order valence-corrected chi connectivity index (χ3v) is 2.18. The third kappa shape index (κ3) is 2.38. The van der Waals surface area contributed by atoms with Crippen molar-refractivity contribution >= 4 is 22.1 Å². The molecule has 0 aliphatic heterocycles. The zero-order chi connectivity index (χ0) is 10.6. The number of phenolic OH excluding ortho intramolecular Hbond substituents is 1. The molecule has 0 fully saturated rings. The van der Waals surface area contributed by atoms with E-state index < -0.39 is 0 Å². The Bertz CT molecular complexity index is 352. The number of oxime groups is 1. The second-order valence-corrected chi connectivity index (χ2v) is 3.33. The van der Waals surface area contributed by atoms with Crippen molar-refractivity contribution in [3.63, 3.8) is 0 Å². The molecule has 0 heterocycles. The van der Waals surface area contributed by atoms with Gasteiger partial charge in [0.15, 0.2) is 11.5 Å². The molecule has 14 heavy (non-hydrogen) atoms. The Morgan fingerprint density at radius 2 is 2.14 bits per heavy atom. The number of halogens is 1. The molecule has 4 nitrogen and oxygen atoms in total. The number of nitrogens with zero attached hydrogens (tertiary/aromatic N) is 1. The number of methoxy groups -OCH3 is 1. The third-order valence-electron chi connectivity index (χ3n) is 1.58. The van der Waals surface area contributed by atoms with Crippen LogP contribution in [0.15, 0.2) is 21.8 Å². The van der Waals surface area contributed by atoms with Gasteiger partial charge in [-0.05, 0) is 28.1 Å². The fourth-order valence-electron chi connectivity index (χ4n) is 0.937. The van der Waals surface area contributed by atoms with Gasteiger partial charge >= 0.3 is 0 Å². The zero-order valence-corrected chi connectivity index (χ0v) is 9.41. The smallest absolute Gasteiger partial charge is 0.172 e. The van der Waals surface area contributed by atoms with Crippen molar-refractivity contribution in [3.05, 3.63) is 22.2 Å². The molecule has 0 spiro atoms. The van der Waals surface area contributed by atoms with Gasteiger partial charge in [0, 0.05) is 5.56 Å². The van der Waals surface area contributed by atoms with E-state index in [0.717, 1.165) is 5.56 Å². The SMILES string of the molecule is CO/N=C/c1cc(Br)c(O)c(OC)c1. The zero-order valence-electron chi connectivity index (χ0n) is 7.82. The lowest BCUT2D eigenvalue weighted by atomic mass is 10.2. The maximum absolute atomic E-state index is 9.50. The summed E-state index contributed by atoms with van der Waals surface area (Å²) >= 11 is 3.20. The van der Waals surface area contributed by atoms with Crippen molar-refractivity contribution in [2.75, 3.05) is 14.2 Å². The fourth-order valence-corrected chi connectivity index (χ4v) is 1.40. The molecule has 1 N–H and O–H groups in total. The van der Waals surface area contributed by atoms with Crippen LogP contribution in [-0.2, 0) is 4.84 Å². The Morgan fingerprint density at radius 1 is 1.43 bits per heavy atom. The molecule has 0 saturated carbocycles. The van der Waals surface area contributed by atoms with E-state index in [0.29, 0.717) is 10.2 Å². The topological polar surface area (TPSA) is 51.0 Å². The van der Waals surface area contributed by atoms with E-state index in [4.69, 9.17) is 4.74 Å². The van der Waals surface area contributed by atoms with Crippen LogP contribution in [0.5, 0.6) is 11.5 Å². The summed E-state index contributed by atoms with van der Waals surface area (Å²) in [6, 6.07) is 3.36. The van der Waals surface area contributed by atoms with Crippen molar-refractivity contribution in [1.82, 2.24) is 0 Å². The molecule has 0 aliphatic rings. The lowest BCUT2D eigenvalue weighted by molar-refractivity contribution is 0.215. The van der Waals surface area contributed by atoms with Gasteiger partial charge in [-0.15, -0.1) is 0 Å². The van der Waals surface area contributed by atoms with Crippen LogP contribution in [0.25, 0.3) is 0 Å². The quantitative estimate of drug-likeness (QED) is 0.669. The predicted molar refractivity (Wildman–Crippen MR) is 57.0 cm³/mol. The highest BCUT2D eigenvalue weighted by Crippen LogP contribution is 2.34. The largest absolute Gasteiger partial charge is 0.503 e. The van der Waals surface area contributed by atoms with Crippen LogP contribution in [0.2, 0.25) is 0 Å². The van der Waals surface area contributed by atoms with E-state index in [1.165, 1.54) is 20.4 Å². The van der Waals surface area contributed by atoms with Gasteiger partial charge in [-0.1, -0.05) is 5.16 Å².